The maximum atomic E-state index is 13.5. The number of dihydropyridines is 1. The van der Waals surface area contributed by atoms with Gasteiger partial charge in [-0.1, -0.05) is 41.0 Å². The fourth-order valence-corrected chi connectivity index (χ4v) is 5.58. The first-order chi connectivity index (χ1) is 18.2. The van der Waals surface area contributed by atoms with Crippen molar-refractivity contribution >= 4 is 58.2 Å². The van der Waals surface area contributed by atoms with Gasteiger partial charge in [0, 0.05) is 16.4 Å². The zero-order valence-corrected chi connectivity index (χ0v) is 23.1. The van der Waals surface area contributed by atoms with Crippen LogP contribution < -0.4 is 16.0 Å². The van der Waals surface area contributed by atoms with Gasteiger partial charge in [-0.15, -0.1) is 0 Å². The van der Waals surface area contributed by atoms with Gasteiger partial charge in [-0.05, 0) is 74.4 Å². The van der Waals surface area contributed by atoms with Crippen molar-refractivity contribution in [2.45, 2.75) is 26.7 Å². The number of carbonyl (C=O) groups excluding carboxylic acids is 2. The molecular weight excluding hydrogens is 543 g/mol. The number of furan rings is 1. The van der Waals surface area contributed by atoms with Crippen LogP contribution in [0.25, 0.3) is 0 Å². The van der Waals surface area contributed by atoms with Crippen molar-refractivity contribution in [2.75, 3.05) is 16.4 Å². The van der Waals surface area contributed by atoms with Crippen LogP contribution in [0.1, 0.15) is 29.7 Å². The van der Waals surface area contributed by atoms with Crippen LogP contribution in [0.4, 0.5) is 11.4 Å². The third kappa shape index (κ3) is 6.25. The molecule has 0 fully saturated rings. The number of nitriles is 1. The molecule has 3 N–H and O–H groups in total. The van der Waals surface area contributed by atoms with Crippen LogP contribution in [-0.4, -0.2) is 17.6 Å². The number of aryl methyl sites for hydroxylation is 2. The zero-order valence-electron chi connectivity index (χ0n) is 20.8. The molecular formula is C28H24Cl2N4O3S. The van der Waals surface area contributed by atoms with Gasteiger partial charge >= 0.3 is 0 Å². The van der Waals surface area contributed by atoms with Gasteiger partial charge in [0.25, 0.3) is 5.91 Å². The Kier molecular flexibility index (Phi) is 8.52. The van der Waals surface area contributed by atoms with E-state index in [1.807, 2.05) is 32.0 Å². The number of anilines is 2. The lowest BCUT2D eigenvalue weighted by Crippen LogP contribution is -2.31. The number of allylic oxidation sites excluding steroid dienone is 2. The second-order valence-electron chi connectivity index (χ2n) is 8.76. The van der Waals surface area contributed by atoms with Crippen molar-refractivity contribution in [3.05, 3.63) is 104 Å². The molecule has 38 heavy (non-hydrogen) atoms. The number of hydrogen-bond acceptors (Lipinski definition) is 6. The predicted molar refractivity (Wildman–Crippen MR) is 152 cm³/mol. The van der Waals surface area contributed by atoms with Crippen LogP contribution >= 0.6 is 35.0 Å². The van der Waals surface area contributed by atoms with Crippen molar-refractivity contribution in [2.24, 2.45) is 0 Å². The molecule has 3 aromatic rings. The number of rotatable bonds is 7. The summed E-state index contributed by atoms with van der Waals surface area (Å²) in [4.78, 5) is 26.2. The fourth-order valence-electron chi connectivity index (χ4n) is 4.23. The Labute approximate surface area is 234 Å². The third-order valence-corrected chi connectivity index (χ3v) is 7.32. The summed E-state index contributed by atoms with van der Waals surface area (Å²) in [6.45, 7) is 5.66. The lowest BCUT2D eigenvalue weighted by molar-refractivity contribution is -0.114. The van der Waals surface area contributed by atoms with E-state index in [0.717, 1.165) is 11.1 Å². The second-order valence-corrected chi connectivity index (χ2v) is 10.6. The summed E-state index contributed by atoms with van der Waals surface area (Å²) in [6, 6.07) is 16.2. The highest BCUT2D eigenvalue weighted by molar-refractivity contribution is 8.03. The standard InChI is InChI=1S/C28H24Cl2N4O3S/c1-15-9-16(2)11-19(10-15)33-24(35)14-38-28-20(13-31)26(23-5-4-8-37-23)25(17(3)32-28)27(36)34-22-7-6-18(29)12-21(22)30/h4-12,26,32H,14H2,1-3H3,(H,33,35)(H,34,36)/t26-/m1/s1. The van der Waals surface area contributed by atoms with E-state index in [2.05, 4.69) is 22.0 Å². The van der Waals surface area contributed by atoms with Crippen LogP contribution in [0.2, 0.25) is 10.0 Å². The first kappa shape index (κ1) is 27.4. The summed E-state index contributed by atoms with van der Waals surface area (Å²) in [5, 5.41) is 20.2. The van der Waals surface area contributed by atoms with Gasteiger partial charge in [0.2, 0.25) is 5.91 Å². The lowest BCUT2D eigenvalue weighted by Gasteiger charge is -2.28. The molecule has 1 aliphatic rings. The molecule has 0 radical (unpaired) electrons. The molecule has 10 heteroatoms. The molecule has 1 aliphatic heterocycles. The van der Waals surface area contributed by atoms with Gasteiger partial charge in [-0.25, -0.2) is 0 Å². The monoisotopic (exact) mass is 566 g/mol. The summed E-state index contributed by atoms with van der Waals surface area (Å²) in [5.41, 5.74) is 4.26. The molecule has 0 saturated carbocycles. The van der Waals surface area contributed by atoms with E-state index in [1.165, 1.54) is 24.1 Å². The van der Waals surface area contributed by atoms with Gasteiger partial charge in [-0.3, -0.25) is 9.59 Å². The minimum atomic E-state index is -0.785. The predicted octanol–water partition coefficient (Wildman–Crippen LogP) is 6.91. The molecule has 0 bridgehead atoms. The maximum absolute atomic E-state index is 13.5. The highest BCUT2D eigenvalue weighted by atomic mass is 35.5. The Morgan fingerprint density at radius 2 is 1.82 bits per heavy atom. The van der Waals surface area contributed by atoms with E-state index >= 15 is 0 Å². The van der Waals surface area contributed by atoms with E-state index < -0.39 is 11.8 Å². The van der Waals surface area contributed by atoms with E-state index in [1.54, 1.807) is 31.2 Å². The van der Waals surface area contributed by atoms with E-state index in [-0.39, 0.29) is 22.3 Å². The molecule has 0 unspecified atom stereocenters. The van der Waals surface area contributed by atoms with Gasteiger partial charge in [0.05, 0.1) is 50.9 Å². The van der Waals surface area contributed by atoms with Crippen molar-refractivity contribution in [1.82, 2.24) is 5.32 Å². The molecule has 1 atom stereocenters. The summed E-state index contributed by atoms with van der Waals surface area (Å²) in [6.07, 6.45) is 1.48. The normalized spacial score (nSPS) is 15.1. The number of halogens is 2. The molecule has 2 heterocycles. The fraction of sp³-hybridized carbons (Fsp3) is 0.179. The minimum absolute atomic E-state index is 0.0561. The van der Waals surface area contributed by atoms with Gasteiger partial charge < -0.3 is 20.4 Å². The number of nitrogens with one attached hydrogen (secondary N) is 3. The maximum Gasteiger partial charge on any atom is 0.254 e. The van der Waals surface area contributed by atoms with Gasteiger partial charge in [0.1, 0.15) is 5.76 Å². The largest absolute Gasteiger partial charge is 0.468 e. The average molecular weight is 567 g/mol. The Morgan fingerprint density at radius 3 is 2.45 bits per heavy atom. The second kappa shape index (κ2) is 11.8. The summed E-state index contributed by atoms with van der Waals surface area (Å²) >= 11 is 13.4. The van der Waals surface area contributed by atoms with E-state index in [4.69, 9.17) is 27.6 Å². The van der Waals surface area contributed by atoms with Crippen LogP contribution in [0.15, 0.2) is 81.1 Å². The molecule has 2 amide bonds. The molecule has 0 aliphatic carbocycles. The Balaban J connectivity index is 1.59. The Hall–Kier alpha value is -3.64. The average Bonchev–Trinajstić information content (AvgIpc) is 3.38. The highest BCUT2D eigenvalue weighted by Gasteiger charge is 2.36. The molecule has 2 aromatic carbocycles. The molecule has 4 rings (SSSR count). The van der Waals surface area contributed by atoms with E-state index in [9.17, 15) is 14.9 Å². The smallest absolute Gasteiger partial charge is 0.254 e. The molecule has 7 nitrogen and oxygen atoms in total. The minimum Gasteiger partial charge on any atom is -0.468 e. The van der Waals surface area contributed by atoms with Gasteiger partial charge in [0.15, 0.2) is 0 Å². The van der Waals surface area contributed by atoms with Crippen LogP contribution in [0, 0.1) is 25.2 Å². The SMILES string of the molecule is CC1=C(C(=O)Nc2ccc(Cl)cc2Cl)[C@@H](c2ccco2)C(C#N)=C(SCC(=O)Nc2cc(C)cc(C)c2)N1. The molecule has 1 aromatic heterocycles. The van der Waals surface area contributed by atoms with Crippen LogP contribution in [0.3, 0.4) is 0 Å². The number of nitrogens with zero attached hydrogens (tertiary/aromatic N) is 1. The van der Waals surface area contributed by atoms with Crippen LogP contribution in [0.5, 0.6) is 0 Å². The highest BCUT2D eigenvalue weighted by Crippen LogP contribution is 2.41. The van der Waals surface area contributed by atoms with Crippen molar-refractivity contribution in [3.8, 4) is 6.07 Å². The zero-order chi connectivity index (χ0) is 27.4. The summed E-state index contributed by atoms with van der Waals surface area (Å²) in [7, 11) is 0. The first-order valence-electron chi connectivity index (χ1n) is 11.6. The number of thioether (sulfide) groups is 1. The Morgan fingerprint density at radius 1 is 1.08 bits per heavy atom. The van der Waals surface area contributed by atoms with E-state index in [0.29, 0.717) is 38.5 Å². The topological polar surface area (TPSA) is 107 Å². The number of hydrogen-bond donors (Lipinski definition) is 3. The van der Waals surface area contributed by atoms with Crippen molar-refractivity contribution in [1.29, 1.82) is 5.26 Å². The number of carbonyl (C=O) groups is 2. The third-order valence-electron chi connectivity index (χ3n) is 5.75. The lowest BCUT2D eigenvalue weighted by atomic mass is 9.85. The summed E-state index contributed by atoms with van der Waals surface area (Å²) < 4.78 is 5.64. The van der Waals surface area contributed by atoms with Gasteiger partial charge in [-0.2, -0.15) is 5.26 Å². The molecule has 194 valence electrons. The number of benzene rings is 2. The Bertz CT molecular complexity index is 1490. The quantitative estimate of drug-likeness (QED) is 0.287. The number of amides is 2. The van der Waals surface area contributed by atoms with Crippen LogP contribution in [-0.2, 0) is 9.59 Å². The van der Waals surface area contributed by atoms with Crippen molar-refractivity contribution in [3.63, 3.8) is 0 Å². The van der Waals surface area contributed by atoms with Crippen molar-refractivity contribution < 1.29 is 14.0 Å². The molecule has 0 saturated heterocycles. The molecule has 0 spiro atoms. The summed E-state index contributed by atoms with van der Waals surface area (Å²) in [5.74, 6) is -0.978. The first-order valence-corrected chi connectivity index (χ1v) is 13.3.